The number of hydrogen-bond donors (Lipinski definition) is 1. The van der Waals surface area contributed by atoms with Crippen LogP contribution in [0.1, 0.15) is 48.5 Å². The van der Waals surface area contributed by atoms with Crippen LogP contribution in [0.25, 0.3) is 0 Å². The van der Waals surface area contributed by atoms with Gasteiger partial charge in [0.05, 0.1) is 5.69 Å². The molecular weight excluding hydrogens is 272 g/mol. The molecule has 1 N–H and O–H groups in total. The lowest BCUT2D eigenvalue weighted by molar-refractivity contribution is 0.0953. The van der Waals surface area contributed by atoms with Gasteiger partial charge in [0.15, 0.2) is 0 Å². The van der Waals surface area contributed by atoms with E-state index in [-0.39, 0.29) is 5.91 Å². The maximum absolute atomic E-state index is 12.0. The molecule has 1 aliphatic rings. The van der Waals surface area contributed by atoms with Crippen LogP contribution in [0.5, 0.6) is 0 Å². The van der Waals surface area contributed by atoms with Gasteiger partial charge in [-0.1, -0.05) is 18.3 Å². The fraction of sp³-hybridized carbons (Fsp3) is 0.786. The second-order valence-corrected chi connectivity index (χ2v) is 6.29. The molecule has 6 heteroatoms. The number of nitrogens with zero attached hydrogens (tertiary/aromatic N) is 3. The average molecular weight is 296 g/mol. The van der Waals surface area contributed by atoms with Gasteiger partial charge in [0.25, 0.3) is 5.91 Å². The molecule has 1 aliphatic heterocycles. The molecular formula is C14H24N4OS. The Morgan fingerprint density at radius 2 is 2.20 bits per heavy atom. The highest BCUT2D eigenvalue weighted by atomic mass is 32.1. The monoisotopic (exact) mass is 296 g/mol. The topological polar surface area (TPSA) is 58.1 Å². The van der Waals surface area contributed by atoms with Crippen LogP contribution in [0.2, 0.25) is 0 Å². The third-order valence-electron chi connectivity index (χ3n) is 3.91. The van der Waals surface area contributed by atoms with Gasteiger partial charge in [-0.25, -0.2) is 0 Å². The zero-order chi connectivity index (χ0) is 14.4. The van der Waals surface area contributed by atoms with E-state index in [1.165, 1.54) is 37.5 Å². The summed E-state index contributed by atoms with van der Waals surface area (Å²) in [7, 11) is 0. The first-order valence-corrected chi connectivity index (χ1v) is 8.29. The zero-order valence-corrected chi connectivity index (χ0v) is 13.2. The molecule has 0 aromatic carbocycles. The normalized spacial score (nSPS) is 17.3. The number of aryl methyl sites for hydroxylation is 1. The SMILES string of the molecule is CCc1nnsc1C(=O)NCCCN1CCC(C)CC1. The van der Waals surface area contributed by atoms with E-state index in [0.29, 0.717) is 4.88 Å². The largest absolute Gasteiger partial charge is 0.351 e. The third-order valence-corrected chi connectivity index (χ3v) is 4.68. The number of hydrogen-bond acceptors (Lipinski definition) is 5. The van der Waals surface area contributed by atoms with Gasteiger partial charge in [-0.05, 0) is 62.8 Å². The Hall–Kier alpha value is -1.01. The predicted molar refractivity (Wildman–Crippen MR) is 81.1 cm³/mol. The van der Waals surface area contributed by atoms with Gasteiger partial charge in [-0.2, -0.15) is 0 Å². The summed E-state index contributed by atoms with van der Waals surface area (Å²) >= 11 is 1.18. The molecule has 0 saturated carbocycles. The van der Waals surface area contributed by atoms with Crippen LogP contribution >= 0.6 is 11.5 Å². The smallest absolute Gasteiger partial charge is 0.264 e. The van der Waals surface area contributed by atoms with Crippen LogP contribution in [0.3, 0.4) is 0 Å². The first-order valence-electron chi connectivity index (χ1n) is 7.52. The van der Waals surface area contributed by atoms with Crippen molar-refractivity contribution < 1.29 is 4.79 Å². The Morgan fingerprint density at radius 3 is 2.90 bits per heavy atom. The lowest BCUT2D eigenvalue weighted by Gasteiger charge is -2.30. The lowest BCUT2D eigenvalue weighted by atomic mass is 9.99. The van der Waals surface area contributed by atoms with Crippen LogP contribution in [-0.2, 0) is 6.42 Å². The van der Waals surface area contributed by atoms with Gasteiger partial charge >= 0.3 is 0 Å². The minimum Gasteiger partial charge on any atom is -0.351 e. The minimum absolute atomic E-state index is 0.0240. The minimum atomic E-state index is -0.0240. The fourth-order valence-corrected chi connectivity index (χ4v) is 3.15. The summed E-state index contributed by atoms with van der Waals surface area (Å²) in [4.78, 5) is 15.1. The molecule has 1 amide bonds. The molecule has 5 nitrogen and oxygen atoms in total. The quantitative estimate of drug-likeness (QED) is 0.815. The van der Waals surface area contributed by atoms with Gasteiger partial charge in [0, 0.05) is 6.54 Å². The second kappa shape index (κ2) is 7.69. The Bertz CT molecular complexity index is 427. The summed E-state index contributed by atoms with van der Waals surface area (Å²) in [6.07, 6.45) is 4.37. The Kier molecular flexibility index (Phi) is 5.91. The number of piperidine rings is 1. The molecule has 0 bridgehead atoms. The number of rotatable bonds is 6. The molecule has 1 fully saturated rings. The van der Waals surface area contributed by atoms with Gasteiger partial charge in [0.1, 0.15) is 4.88 Å². The van der Waals surface area contributed by atoms with E-state index in [1.54, 1.807) is 0 Å². The second-order valence-electron chi connectivity index (χ2n) is 5.54. The van der Waals surface area contributed by atoms with Crippen molar-refractivity contribution in [3.05, 3.63) is 10.6 Å². The molecule has 2 rings (SSSR count). The van der Waals surface area contributed by atoms with Crippen molar-refractivity contribution in [3.63, 3.8) is 0 Å². The van der Waals surface area contributed by atoms with E-state index >= 15 is 0 Å². The highest BCUT2D eigenvalue weighted by molar-refractivity contribution is 7.08. The van der Waals surface area contributed by atoms with Crippen molar-refractivity contribution in [2.75, 3.05) is 26.2 Å². The Balaban J connectivity index is 1.65. The molecule has 112 valence electrons. The molecule has 0 radical (unpaired) electrons. The summed E-state index contributed by atoms with van der Waals surface area (Å²) < 4.78 is 3.85. The molecule has 20 heavy (non-hydrogen) atoms. The van der Waals surface area contributed by atoms with E-state index in [0.717, 1.165) is 37.5 Å². The highest BCUT2D eigenvalue weighted by Gasteiger charge is 2.16. The van der Waals surface area contributed by atoms with Crippen molar-refractivity contribution in [2.24, 2.45) is 5.92 Å². The van der Waals surface area contributed by atoms with E-state index < -0.39 is 0 Å². The fourth-order valence-electron chi connectivity index (χ4n) is 2.48. The van der Waals surface area contributed by atoms with Crippen LogP contribution in [-0.4, -0.2) is 46.6 Å². The number of aromatic nitrogens is 2. The number of likely N-dealkylation sites (tertiary alicyclic amines) is 1. The maximum atomic E-state index is 12.0. The number of nitrogens with one attached hydrogen (secondary N) is 1. The highest BCUT2D eigenvalue weighted by Crippen LogP contribution is 2.15. The van der Waals surface area contributed by atoms with Gasteiger partial charge in [-0.15, -0.1) is 5.10 Å². The van der Waals surface area contributed by atoms with Crippen molar-refractivity contribution in [2.45, 2.75) is 39.5 Å². The summed E-state index contributed by atoms with van der Waals surface area (Å²) in [5.41, 5.74) is 0.803. The number of carbonyl (C=O) groups is 1. The average Bonchev–Trinajstić information content (AvgIpc) is 2.94. The molecule has 0 atom stereocenters. The van der Waals surface area contributed by atoms with Gasteiger partial charge < -0.3 is 10.2 Å². The van der Waals surface area contributed by atoms with E-state index in [9.17, 15) is 4.79 Å². The van der Waals surface area contributed by atoms with Crippen LogP contribution in [0.4, 0.5) is 0 Å². The van der Waals surface area contributed by atoms with Crippen molar-refractivity contribution in [1.29, 1.82) is 0 Å². The molecule has 2 heterocycles. The third kappa shape index (κ3) is 4.24. The first-order chi connectivity index (χ1) is 9.70. The van der Waals surface area contributed by atoms with E-state index in [4.69, 9.17) is 0 Å². The van der Waals surface area contributed by atoms with Crippen molar-refractivity contribution in [3.8, 4) is 0 Å². The predicted octanol–water partition coefficient (Wildman–Crippen LogP) is 1.95. The summed E-state index contributed by atoms with van der Waals surface area (Å²) in [6, 6.07) is 0. The van der Waals surface area contributed by atoms with Crippen LogP contribution < -0.4 is 5.32 Å². The van der Waals surface area contributed by atoms with Crippen LogP contribution in [0.15, 0.2) is 0 Å². The van der Waals surface area contributed by atoms with E-state index in [1.807, 2.05) is 6.92 Å². The zero-order valence-electron chi connectivity index (χ0n) is 12.4. The summed E-state index contributed by atoms with van der Waals surface area (Å²) in [5.74, 6) is 0.848. The number of amides is 1. The Labute approximate surface area is 124 Å². The summed E-state index contributed by atoms with van der Waals surface area (Å²) in [5, 5.41) is 6.94. The maximum Gasteiger partial charge on any atom is 0.264 e. The van der Waals surface area contributed by atoms with Crippen molar-refractivity contribution >= 4 is 17.4 Å². The molecule has 1 saturated heterocycles. The lowest BCUT2D eigenvalue weighted by Crippen LogP contribution is -2.35. The number of carbonyl (C=O) groups excluding carboxylic acids is 1. The van der Waals surface area contributed by atoms with Gasteiger partial charge in [-0.3, -0.25) is 4.79 Å². The molecule has 1 aromatic rings. The molecule has 0 unspecified atom stereocenters. The molecule has 0 spiro atoms. The van der Waals surface area contributed by atoms with Crippen LogP contribution in [0, 0.1) is 5.92 Å². The molecule has 1 aromatic heterocycles. The first kappa shape index (κ1) is 15.4. The van der Waals surface area contributed by atoms with Crippen molar-refractivity contribution in [1.82, 2.24) is 19.8 Å². The standard InChI is InChI=1S/C14H24N4OS/c1-3-12-13(20-17-16-12)14(19)15-7-4-8-18-9-5-11(2)6-10-18/h11H,3-10H2,1-2H3,(H,15,19). The summed E-state index contributed by atoms with van der Waals surface area (Å²) in [6.45, 7) is 8.53. The van der Waals surface area contributed by atoms with E-state index in [2.05, 4.69) is 26.7 Å². The Morgan fingerprint density at radius 1 is 1.45 bits per heavy atom. The van der Waals surface area contributed by atoms with Gasteiger partial charge in [0.2, 0.25) is 0 Å². The molecule has 0 aliphatic carbocycles.